The third-order valence-electron chi connectivity index (χ3n) is 4.20. The van der Waals surface area contributed by atoms with Gasteiger partial charge >= 0.3 is 5.69 Å². The van der Waals surface area contributed by atoms with Crippen LogP contribution < -0.4 is 11.2 Å². The average Bonchev–Trinajstić information content (AvgIpc) is 2.38. The van der Waals surface area contributed by atoms with Gasteiger partial charge in [0.15, 0.2) is 0 Å². The number of halogens is 1. The average molecular weight is 290 g/mol. The fourth-order valence-electron chi connectivity index (χ4n) is 2.84. The Morgan fingerprint density at radius 1 is 1.29 bits per heavy atom. The number of nitrogens with one attached hydrogen (secondary N) is 1. The number of aromatic hydroxyl groups is 1. The summed E-state index contributed by atoms with van der Waals surface area (Å²) in [6.45, 7) is 1.83. The van der Waals surface area contributed by atoms with Crippen LogP contribution in [0.25, 0.3) is 11.1 Å². The van der Waals surface area contributed by atoms with Crippen LogP contribution in [0.1, 0.15) is 26.2 Å². The van der Waals surface area contributed by atoms with E-state index in [-0.39, 0.29) is 11.1 Å². The lowest BCUT2D eigenvalue weighted by molar-refractivity contribution is 0.144. The Kier molecular flexibility index (Phi) is 2.97. The lowest BCUT2D eigenvalue weighted by atomic mass is 9.78. The van der Waals surface area contributed by atoms with E-state index in [1.165, 1.54) is 22.8 Å². The summed E-state index contributed by atoms with van der Waals surface area (Å²) >= 11 is 0. The fourth-order valence-corrected chi connectivity index (χ4v) is 2.84. The third-order valence-corrected chi connectivity index (χ3v) is 4.20. The van der Waals surface area contributed by atoms with Gasteiger partial charge in [0, 0.05) is 11.1 Å². The van der Waals surface area contributed by atoms with Crippen molar-refractivity contribution in [3.63, 3.8) is 0 Å². The molecule has 6 heteroatoms. The lowest BCUT2D eigenvalue weighted by Gasteiger charge is -2.40. The van der Waals surface area contributed by atoms with Gasteiger partial charge in [-0.1, -0.05) is 18.2 Å². The molecule has 0 bridgehead atoms. The van der Waals surface area contributed by atoms with Gasteiger partial charge in [0.05, 0.1) is 0 Å². The summed E-state index contributed by atoms with van der Waals surface area (Å²) in [4.78, 5) is 26.2. The molecule has 0 spiro atoms. The number of hydrogen-bond donors (Lipinski definition) is 2. The molecule has 1 aromatic carbocycles. The van der Waals surface area contributed by atoms with Crippen LogP contribution in [0.15, 0.2) is 33.9 Å². The van der Waals surface area contributed by atoms with E-state index in [2.05, 4.69) is 4.98 Å². The Morgan fingerprint density at radius 2 is 1.95 bits per heavy atom. The number of aromatic nitrogens is 2. The highest BCUT2D eigenvalue weighted by atomic mass is 19.1. The zero-order chi connectivity index (χ0) is 15.2. The molecule has 1 aromatic heterocycles. The minimum Gasteiger partial charge on any atom is -0.494 e. The van der Waals surface area contributed by atoms with E-state index in [0.29, 0.717) is 0 Å². The number of hydrogen-bond acceptors (Lipinski definition) is 3. The van der Waals surface area contributed by atoms with Crippen LogP contribution in [0.3, 0.4) is 0 Å². The van der Waals surface area contributed by atoms with Crippen molar-refractivity contribution < 1.29 is 9.50 Å². The van der Waals surface area contributed by atoms with Crippen LogP contribution in [-0.4, -0.2) is 14.7 Å². The number of H-pyrrole nitrogens is 1. The highest BCUT2D eigenvalue weighted by molar-refractivity contribution is 5.68. The van der Waals surface area contributed by atoms with Gasteiger partial charge in [-0.3, -0.25) is 14.3 Å². The molecule has 0 amide bonds. The van der Waals surface area contributed by atoms with E-state index in [1.807, 2.05) is 6.92 Å². The van der Waals surface area contributed by atoms with E-state index < -0.39 is 28.5 Å². The molecular weight excluding hydrogens is 275 g/mol. The second-order valence-corrected chi connectivity index (χ2v) is 5.62. The highest BCUT2D eigenvalue weighted by Crippen LogP contribution is 2.41. The van der Waals surface area contributed by atoms with Crippen molar-refractivity contribution in [3.05, 3.63) is 50.9 Å². The number of benzene rings is 1. The molecule has 3 rings (SSSR count). The van der Waals surface area contributed by atoms with E-state index in [4.69, 9.17) is 0 Å². The van der Waals surface area contributed by atoms with Gasteiger partial charge in [0.2, 0.25) is 5.88 Å². The summed E-state index contributed by atoms with van der Waals surface area (Å²) in [7, 11) is 0. The predicted octanol–water partition coefficient (Wildman–Crippen LogP) is 1.95. The molecule has 1 saturated carbocycles. The molecule has 0 atom stereocenters. The van der Waals surface area contributed by atoms with Gasteiger partial charge in [-0.15, -0.1) is 0 Å². The van der Waals surface area contributed by atoms with Crippen molar-refractivity contribution >= 4 is 0 Å². The summed E-state index contributed by atoms with van der Waals surface area (Å²) < 4.78 is 15.1. The zero-order valence-corrected chi connectivity index (χ0v) is 11.5. The second kappa shape index (κ2) is 4.58. The van der Waals surface area contributed by atoms with Crippen molar-refractivity contribution in [3.8, 4) is 17.0 Å². The molecule has 21 heavy (non-hydrogen) atoms. The molecule has 0 unspecified atom stereocenters. The van der Waals surface area contributed by atoms with E-state index in [9.17, 15) is 19.1 Å². The van der Waals surface area contributed by atoms with Crippen LogP contribution in [0.2, 0.25) is 0 Å². The molecular formula is C15H15FN2O3. The molecule has 1 aliphatic rings. The van der Waals surface area contributed by atoms with Gasteiger partial charge in [-0.2, -0.15) is 0 Å². The standard InChI is InChI=1S/C15H15FN2O3/c1-15(7-4-8-15)18-13(20)11(12(19)17-14(18)21)9-5-2-3-6-10(9)16/h2-3,5-6,20H,4,7-8H2,1H3,(H,17,19,21). The minimum atomic E-state index is -0.790. The van der Waals surface area contributed by atoms with Crippen LogP contribution in [0, 0.1) is 5.82 Å². The van der Waals surface area contributed by atoms with Gasteiger partial charge in [0.25, 0.3) is 5.56 Å². The van der Waals surface area contributed by atoms with Gasteiger partial charge in [-0.05, 0) is 32.3 Å². The van der Waals surface area contributed by atoms with Crippen molar-refractivity contribution in [2.45, 2.75) is 31.7 Å². The predicted molar refractivity (Wildman–Crippen MR) is 75.9 cm³/mol. The van der Waals surface area contributed by atoms with E-state index in [1.54, 1.807) is 6.07 Å². The van der Waals surface area contributed by atoms with Crippen LogP contribution in [0.5, 0.6) is 5.88 Å². The first-order valence-corrected chi connectivity index (χ1v) is 6.78. The van der Waals surface area contributed by atoms with Crippen molar-refractivity contribution in [2.75, 3.05) is 0 Å². The Labute approximate surface area is 119 Å². The maximum atomic E-state index is 13.9. The van der Waals surface area contributed by atoms with Gasteiger partial charge in [-0.25, -0.2) is 9.18 Å². The van der Waals surface area contributed by atoms with E-state index in [0.717, 1.165) is 19.3 Å². The molecule has 110 valence electrons. The van der Waals surface area contributed by atoms with Crippen molar-refractivity contribution in [1.82, 2.24) is 9.55 Å². The Balaban J connectivity index is 2.33. The summed E-state index contributed by atoms with van der Waals surface area (Å²) in [5.74, 6) is -1.10. The quantitative estimate of drug-likeness (QED) is 0.887. The number of rotatable bonds is 2. The SMILES string of the molecule is CC1(n2c(O)c(-c3ccccc3F)c(=O)[nH]c2=O)CCC1. The molecule has 0 aliphatic heterocycles. The normalized spacial score (nSPS) is 16.5. The topological polar surface area (TPSA) is 75.1 Å². The Hall–Kier alpha value is -2.37. The zero-order valence-electron chi connectivity index (χ0n) is 11.5. The monoisotopic (exact) mass is 290 g/mol. The maximum Gasteiger partial charge on any atom is 0.331 e. The maximum absolute atomic E-state index is 13.9. The molecule has 0 radical (unpaired) electrons. The molecule has 1 heterocycles. The fraction of sp³-hybridized carbons (Fsp3) is 0.333. The summed E-state index contributed by atoms with van der Waals surface area (Å²) in [6.07, 6.45) is 2.39. The third kappa shape index (κ3) is 1.98. The number of aromatic amines is 1. The number of nitrogens with zero attached hydrogens (tertiary/aromatic N) is 1. The smallest absolute Gasteiger partial charge is 0.331 e. The van der Waals surface area contributed by atoms with Crippen LogP contribution >= 0.6 is 0 Å². The molecule has 2 aromatic rings. The summed E-state index contributed by atoms with van der Waals surface area (Å²) in [5.41, 5.74) is -2.22. The largest absolute Gasteiger partial charge is 0.494 e. The van der Waals surface area contributed by atoms with Crippen LogP contribution in [0.4, 0.5) is 4.39 Å². The molecule has 0 saturated heterocycles. The molecule has 2 N–H and O–H groups in total. The Morgan fingerprint density at radius 3 is 2.52 bits per heavy atom. The van der Waals surface area contributed by atoms with Gasteiger partial charge < -0.3 is 5.11 Å². The summed E-state index contributed by atoms with van der Waals surface area (Å²) in [6, 6.07) is 5.66. The highest BCUT2D eigenvalue weighted by Gasteiger charge is 2.37. The molecule has 5 nitrogen and oxygen atoms in total. The first-order chi connectivity index (χ1) is 9.94. The van der Waals surface area contributed by atoms with Crippen molar-refractivity contribution in [1.29, 1.82) is 0 Å². The van der Waals surface area contributed by atoms with Crippen LogP contribution in [-0.2, 0) is 5.54 Å². The second-order valence-electron chi connectivity index (χ2n) is 5.62. The lowest BCUT2D eigenvalue weighted by Crippen LogP contribution is -2.46. The molecule has 1 aliphatic carbocycles. The van der Waals surface area contributed by atoms with Crippen molar-refractivity contribution in [2.24, 2.45) is 0 Å². The van der Waals surface area contributed by atoms with E-state index >= 15 is 0 Å². The first-order valence-electron chi connectivity index (χ1n) is 6.78. The van der Waals surface area contributed by atoms with Gasteiger partial charge in [0.1, 0.15) is 11.4 Å². The summed E-state index contributed by atoms with van der Waals surface area (Å²) in [5, 5.41) is 10.4. The Bertz CT molecular complexity index is 818. The minimum absolute atomic E-state index is 0.0204. The molecule has 1 fully saturated rings. The first kappa shape index (κ1) is 13.6.